The van der Waals surface area contributed by atoms with Crippen LogP contribution in [-0.2, 0) is 11.3 Å². The van der Waals surface area contributed by atoms with Gasteiger partial charge in [-0.05, 0) is 49.8 Å². The zero-order valence-electron chi connectivity index (χ0n) is 17.6. The van der Waals surface area contributed by atoms with Gasteiger partial charge in [-0.1, -0.05) is 36.4 Å². The molecule has 2 atom stereocenters. The van der Waals surface area contributed by atoms with Crippen LogP contribution in [0.25, 0.3) is 11.1 Å². The van der Waals surface area contributed by atoms with Crippen LogP contribution in [0.5, 0.6) is 0 Å². The Morgan fingerprint density at radius 1 is 1.00 bits per heavy atom. The number of hydroxylamine groups is 1. The molecule has 0 heterocycles. The summed E-state index contributed by atoms with van der Waals surface area (Å²) in [5.41, 5.74) is 4.96. The fraction of sp³-hybridized carbons (Fsp3) is 0.364. The Bertz CT molecular complexity index is 820. The van der Waals surface area contributed by atoms with E-state index in [1.54, 1.807) is 12.1 Å². The molecule has 0 aliphatic carbocycles. The Kier molecular flexibility index (Phi) is 8.94. The minimum atomic E-state index is -1.25. The number of nitrogens with zero attached hydrogens (tertiary/aromatic N) is 1. The van der Waals surface area contributed by atoms with Crippen LogP contribution < -0.4 is 16.1 Å². The predicted octanol–water partition coefficient (Wildman–Crippen LogP) is 0.989. The van der Waals surface area contributed by atoms with E-state index in [0.29, 0.717) is 5.56 Å². The van der Waals surface area contributed by atoms with Gasteiger partial charge in [-0.15, -0.1) is 0 Å². The van der Waals surface area contributed by atoms with Gasteiger partial charge in [0.25, 0.3) is 11.8 Å². The number of hydrogen-bond acceptors (Lipinski definition) is 6. The summed E-state index contributed by atoms with van der Waals surface area (Å²) in [7, 11) is 4.09. The Morgan fingerprint density at radius 2 is 1.57 bits per heavy atom. The number of aliphatic hydroxyl groups excluding tert-OH is 1. The third-order valence-electron chi connectivity index (χ3n) is 4.66. The number of amides is 2. The second-order valence-electron chi connectivity index (χ2n) is 7.42. The van der Waals surface area contributed by atoms with Crippen LogP contribution in [0.4, 0.5) is 0 Å². The maximum Gasteiger partial charge on any atom is 0.268 e. The van der Waals surface area contributed by atoms with Crippen LogP contribution in [0.15, 0.2) is 48.5 Å². The van der Waals surface area contributed by atoms with E-state index in [2.05, 4.69) is 27.7 Å². The third-order valence-corrected chi connectivity index (χ3v) is 4.66. The normalized spacial score (nSPS) is 13.0. The van der Waals surface area contributed by atoms with Crippen molar-refractivity contribution in [2.24, 2.45) is 0 Å². The lowest BCUT2D eigenvalue weighted by atomic mass is 10.0. The Labute approximate surface area is 176 Å². The molecule has 8 nitrogen and oxygen atoms in total. The molecule has 30 heavy (non-hydrogen) atoms. The molecule has 2 amide bonds. The smallest absolute Gasteiger partial charge is 0.268 e. The first-order valence-electron chi connectivity index (χ1n) is 9.79. The van der Waals surface area contributed by atoms with E-state index in [4.69, 9.17) is 5.21 Å². The highest BCUT2D eigenvalue weighted by molar-refractivity contribution is 5.97. The van der Waals surface area contributed by atoms with E-state index >= 15 is 0 Å². The largest absolute Gasteiger partial charge is 0.391 e. The van der Waals surface area contributed by atoms with E-state index in [0.717, 1.165) is 30.8 Å². The number of nitrogens with one attached hydrogen (secondary N) is 3. The fourth-order valence-corrected chi connectivity index (χ4v) is 2.86. The van der Waals surface area contributed by atoms with Crippen molar-refractivity contribution in [3.05, 3.63) is 59.7 Å². The number of benzene rings is 2. The number of rotatable bonds is 10. The summed E-state index contributed by atoms with van der Waals surface area (Å²) in [6.07, 6.45) is -1.16. The molecule has 5 N–H and O–H groups in total. The highest BCUT2D eigenvalue weighted by Gasteiger charge is 2.25. The topological polar surface area (TPSA) is 114 Å². The zero-order chi connectivity index (χ0) is 22.1. The second-order valence-corrected chi connectivity index (χ2v) is 7.42. The van der Waals surface area contributed by atoms with E-state index < -0.39 is 24.0 Å². The number of likely N-dealkylation sites (N-methyl/N-ethyl adjacent to an activating group) is 1. The van der Waals surface area contributed by atoms with Crippen molar-refractivity contribution in [1.29, 1.82) is 0 Å². The van der Waals surface area contributed by atoms with Crippen LogP contribution in [-0.4, -0.2) is 66.4 Å². The Balaban J connectivity index is 1.98. The zero-order valence-corrected chi connectivity index (χ0v) is 17.6. The summed E-state index contributed by atoms with van der Waals surface area (Å²) in [6, 6.07) is 13.9. The highest BCUT2D eigenvalue weighted by atomic mass is 16.5. The molecule has 0 saturated carbocycles. The number of hydrogen-bond donors (Lipinski definition) is 5. The average molecular weight is 415 g/mol. The lowest BCUT2D eigenvalue weighted by Gasteiger charge is -2.19. The predicted molar refractivity (Wildman–Crippen MR) is 115 cm³/mol. The van der Waals surface area contributed by atoms with Gasteiger partial charge in [0.05, 0.1) is 6.10 Å². The number of carbonyl (C=O) groups excluding carboxylic acids is 2. The fourth-order valence-electron chi connectivity index (χ4n) is 2.86. The summed E-state index contributed by atoms with van der Waals surface area (Å²) in [5.74, 6) is -1.40. The molecule has 2 aromatic carbocycles. The third kappa shape index (κ3) is 6.93. The van der Waals surface area contributed by atoms with Crippen molar-refractivity contribution in [2.45, 2.75) is 25.6 Å². The Morgan fingerprint density at radius 3 is 2.07 bits per heavy atom. The summed E-state index contributed by atoms with van der Waals surface area (Å²) >= 11 is 0. The molecular formula is C22H30N4O4. The van der Waals surface area contributed by atoms with Crippen molar-refractivity contribution in [1.82, 2.24) is 21.0 Å². The molecule has 0 bridgehead atoms. The van der Waals surface area contributed by atoms with Crippen molar-refractivity contribution in [3.63, 3.8) is 0 Å². The molecule has 2 aromatic rings. The van der Waals surface area contributed by atoms with Crippen LogP contribution >= 0.6 is 0 Å². The first kappa shape index (κ1) is 23.5. The van der Waals surface area contributed by atoms with Gasteiger partial charge < -0.3 is 20.6 Å². The molecule has 0 fully saturated rings. The number of carbonyl (C=O) groups is 2. The summed E-state index contributed by atoms with van der Waals surface area (Å²) in [6.45, 7) is 4.07. The molecule has 0 aliphatic rings. The van der Waals surface area contributed by atoms with E-state index in [-0.39, 0.29) is 0 Å². The van der Waals surface area contributed by atoms with Gasteiger partial charge in [-0.25, -0.2) is 5.48 Å². The van der Waals surface area contributed by atoms with Crippen LogP contribution in [0, 0.1) is 0 Å². The molecule has 0 saturated heterocycles. The molecule has 0 unspecified atom stereocenters. The van der Waals surface area contributed by atoms with Gasteiger partial charge in [0.15, 0.2) is 0 Å². The highest BCUT2D eigenvalue weighted by Crippen LogP contribution is 2.20. The summed E-state index contributed by atoms with van der Waals surface area (Å²) in [5, 5.41) is 24.2. The molecular weight excluding hydrogens is 384 g/mol. The minimum absolute atomic E-state index is 0.344. The van der Waals surface area contributed by atoms with Gasteiger partial charge in [-0.2, -0.15) is 0 Å². The van der Waals surface area contributed by atoms with Crippen LogP contribution in [0.2, 0.25) is 0 Å². The van der Waals surface area contributed by atoms with Crippen LogP contribution in [0.1, 0.15) is 22.8 Å². The SMILES string of the molecule is C[C@@H](O)[C@H](NC(=O)c1ccc(-c2ccc(CNCCN(C)C)cc2)cc1)C(=O)NO. The average Bonchev–Trinajstić information content (AvgIpc) is 2.74. The van der Waals surface area contributed by atoms with E-state index in [1.165, 1.54) is 18.0 Å². The molecule has 162 valence electrons. The van der Waals surface area contributed by atoms with Gasteiger partial charge in [-0.3, -0.25) is 14.8 Å². The quantitative estimate of drug-likeness (QED) is 0.225. The lowest BCUT2D eigenvalue weighted by molar-refractivity contribution is -0.133. The molecule has 8 heteroatoms. The summed E-state index contributed by atoms with van der Waals surface area (Å²) in [4.78, 5) is 26.0. The maximum atomic E-state index is 12.3. The molecule has 0 spiro atoms. The van der Waals surface area contributed by atoms with Crippen molar-refractivity contribution >= 4 is 11.8 Å². The van der Waals surface area contributed by atoms with Crippen LogP contribution in [0.3, 0.4) is 0 Å². The molecule has 0 aliphatic heterocycles. The lowest BCUT2D eigenvalue weighted by Crippen LogP contribution is -2.51. The van der Waals surface area contributed by atoms with E-state index in [9.17, 15) is 14.7 Å². The van der Waals surface area contributed by atoms with Crippen molar-refractivity contribution in [2.75, 3.05) is 27.2 Å². The Hall–Kier alpha value is -2.78. The van der Waals surface area contributed by atoms with Crippen molar-refractivity contribution < 1.29 is 19.9 Å². The summed E-state index contributed by atoms with van der Waals surface area (Å²) < 4.78 is 0. The first-order valence-corrected chi connectivity index (χ1v) is 9.79. The van der Waals surface area contributed by atoms with Gasteiger partial charge in [0, 0.05) is 25.2 Å². The molecule has 2 rings (SSSR count). The van der Waals surface area contributed by atoms with Gasteiger partial charge >= 0.3 is 0 Å². The number of aliphatic hydroxyl groups is 1. The monoisotopic (exact) mass is 414 g/mol. The van der Waals surface area contributed by atoms with E-state index in [1.807, 2.05) is 38.4 Å². The van der Waals surface area contributed by atoms with Crippen molar-refractivity contribution in [3.8, 4) is 11.1 Å². The standard InChI is InChI=1S/C22H30N4O4/c1-15(27)20(22(29)25-30)24-21(28)19-10-8-18(9-11-19)17-6-4-16(5-7-17)14-23-12-13-26(2)3/h4-11,15,20,23,27,30H,12-14H2,1-3H3,(H,24,28)(H,25,29)/t15-,20+/m1/s1. The van der Waals surface area contributed by atoms with Gasteiger partial charge in [0.2, 0.25) is 0 Å². The molecule has 0 radical (unpaired) electrons. The van der Waals surface area contributed by atoms with Gasteiger partial charge in [0.1, 0.15) is 6.04 Å². The minimum Gasteiger partial charge on any atom is -0.391 e. The maximum absolute atomic E-state index is 12.3. The molecule has 0 aromatic heterocycles. The first-order chi connectivity index (χ1) is 14.3. The second kappa shape index (κ2) is 11.4.